The van der Waals surface area contributed by atoms with Crippen LogP contribution in [0.5, 0.6) is 0 Å². The summed E-state index contributed by atoms with van der Waals surface area (Å²) in [5, 5.41) is 8.84. The maximum absolute atomic E-state index is 12.8. The van der Waals surface area contributed by atoms with Crippen molar-refractivity contribution >= 4 is 0 Å². The molecule has 0 aliphatic heterocycles. The Kier molecular flexibility index (Phi) is 3.30. The quantitative estimate of drug-likeness (QED) is 0.738. The summed E-state index contributed by atoms with van der Waals surface area (Å²) in [7, 11) is 0. The fraction of sp³-hybridized carbons (Fsp3) is 0.133. The number of aryl methyl sites for hydroxylation is 1. The van der Waals surface area contributed by atoms with Gasteiger partial charge >= 0.3 is 6.18 Å². The van der Waals surface area contributed by atoms with Crippen molar-refractivity contribution in [1.82, 2.24) is 0 Å². The van der Waals surface area contributed by atoms with Gasteiger partial charge < -0.3 is 0 Å². The Hall–Kier alpha value is -2.28. The Labute approximate surface area is 108 Å². The minimum absolute atomic E-state index is 0.00586. The number of nitriles is 1. The molecule has 1 nitrogen and oxygen atoms in total. The molecule has 0 atom stereocenters. The van der Waals surface area contributed by atoms with Gasteiger partial charge in [0.05, 0.1) is 17.2 Å². The lowest BCUT2D eigenvalue weighted by Gasteiger charge is -2.10. The number of alkyl halides is 3. The minimum atomic E-state index is -4.45. The molecule has 0 aliphatic carbocycles. The summed E-state index contributed by atoms with van der Waals surface area (Å²) in [6, 6.07) is 12.3. The van der Waals surface area contributed by atoms with Crippen LogP contribution >= 0.6 is 0 Å². The summed E-state index contributed by atoms with van der Waals surface area (Å²) in [5.74, 6) is 0. The number of nitrogens with zero attached hydrogens (tertiary/aromatic N) is 1. The van der Waals surface area contributed by atoms with Crippen molar-refractivity contribution in [3.05, 3.63) is 59.2 Å². The molecule has 0 radical (unpaired) electrons. The molecule has 0 saturated heterocycles. The number of halogens is 3. The van der Waals surface area contributed by atoms with Crippen LogP contribution in [0.2, 0.25) is 0 Å². The smallest absolute Gasteiger partial charge is 0.192 e. The Morgan fingerprint density at radius 3 is 2.32 bits per heavy atom. The molecule has 0 spiro atoms. The van der Waals surface area contributed by atoms with Crippen LogP contribution in [0.4, 0.5) is 13.2 Å². The predicted octanol–water partition coefficient (Wildman–Crippen LogP) is 4.55. The number of hydrogen-bond acceptors (Lipinski definition) is 1. The van der Waals surface area contributed by atoms with Gasteiger partial charge in [-0.15, -0.1) is 0 Å². The largest absolute Gasteiger partial charge is 0.416 e. The van der Waals surface area contributed by atoms with Crippen LogP contribution in [0, 0.1) is 18.3 Å². The SMILES string of the molecule is Cc1cccc(-c2cc(C#N)cc(C(F)(F)F)c2)c1. The molecule has 2 rings (SSSR count). The van der Waals surface area contributed by atoms with Crippen molar-refractivity contribution in [1.29, 1.82) is 5.26 Å². The highest BCUT2D eigenvalue weighted by atomic mass is 19.4. The lowest BCUT2D eigenvalue weighted by atomic mass is 9.99. The fourth-order valence-corrected chi connectivity index (χ4v) is 1.85. The molecule has 19 heavy (non-hydrogen) atoms. The minimum Gasteiger partial charge on any atom is -0.192 e. The molecule has 4 heteroatoms. The van der Waals surface area contributed by atoms with Crippen molar-refractivity contribution in [3.8, 4) is 17.2 Å². The zero-order valence-electron chi connectivity index (χ0n) is 10.1. The summed E-state index contributed by atoms with van der Waals surface area (Å²) < 4.78 is 38.3. The van der Waals surface area contributed by atoms with Gasteiger partial charge in [0.1, 0.15) is 0 Å². The van der Waals surface area contributed by atoms with E-state index < -0.39 is 11.7 Å². The van der Waals surface area contributed by atoms with Crippen LogP contribution in [-0.4, -0.2) is 0 Å². The maximum atomic E-state index is 12.8. The summed E-state index contributed by atoms with van der Waals surface area (Å²) in [4.78, 5) is 0. The summed E-state index contributed by atoms with van der Waals surface area (Å²) in [5.41, 5.74) is 1.22. The first-order valence-electron chi connectivity index (χ1n) is 5.59. The second kappa shape index (κ2) is 4.77. The van der Waals surface area contributed by atoms with Crippen LogP contribution in [0.25, 0.3) is 11.1 Å². The molecular formula is C15H10F3N. The van der Waals surface area contributed by atoms with E-state index in [0.29, 0.717) is 11.1 Å². The molecule has 0 aromatic heterocycles. The molecule has 2 aromatic rings. The Balaban J connectivity index is 2.61. The molecular weight excluding hydrogens is 251 g/mol. The molecule has 0 bridgehead atoms. The van der Waals surface area contributed by atoms with Crippen LogP contribution in [-0.2, 0) is 6.18 Å². The van der Waals surface area contributed by atoms with Crippen molar-refractivity contribution < 1.29 is 13.2 Å². The first kappa shape index (κ1) is 13.2. The molecule has 96 valence electrons. The first-order valence-corrected chi connectivity index (χ1v) is 5.59. The molecule has 0 amide bonds. The summed E-state index contributed by atoms with van der Waals surface area (Å²) in [6.45, 7) is 1.86. The van der Waals surface area contributed by atoms with Gasteiger partial charge in [-0.3, -0.25) is 0 Å². The van der Waals surface area contributed by atoms with Crippen LogP contribution in [0.1, 0.15) is 16.7 Å². The molecule has 0 N–H and O–H groups in total. The van der Waals surface area contributed by atoms with Gasteiger partial charge in [-0.2, -0.15) is 18.4 Å². The van der Waals surface area contributed by atoms with Gasteiger partial charge in [0.25, 0.3) is 0 Å². The number of rotatable bonds is 1. The monoisotopic (exact) mass is 261 g/mol. The summed E-state index contributed by atoms with van der Waals surface area (Å²) >= 11 is 0. The maximum Gasteiger partial charge on any atom is 0.416 e. The normalized spacial score (nSPS) is 11.1. The Morgan fingerprint density at radius 1 is 1.00 bits per heavy atom. The average Bonchev–Trinajstić information content (AvgIpc) is 2.37. The second-order valence-corrected chi connectivity index (χ2v) is 4.28. The second-order valence-electron chi connectivity index (χ2n) is 4.28. The van der Waals surface area contributed by atoms with Gasteiger partial charge in [-0.25, -0.2) is 0 Å². The van der Waals surface area contributed by atoms with Crippen molar-refractivity contribution in [2.24, 2.45) is 0 Å². The summed E-state index contributed by atoms with van der Waals surface area (Å²) in [6.07, 6.45) is -4.45. The highest BCUT2D eigenvalue weighted by Gasteiger charge is 2.31. The van der Waals surface area contributed by atoms with E-state index in [4.69, 9.17) is 5.26 Å². The zero-order chi connectivity index (χ0) is 14.0. The lowest BCUT2D eigenvalue weighted by Crippen LogP contribution is -2.05. The van der Waals surface area contributed by atoms with Gasteiger partial charge in [-0.1, -0.05) is 29.8 Å². The van der Waals surface area contributed by atoms with E-state index in [0.717, 1.165) is 17.7 Å². The van der Waals surface area contributed by atoms with Crippen molar-refractivity contribution in [2.45, 2.75) is 13.1 Å². The third-order valence-electron chi connectivity index (χ3n) is 2.74. The van der Waals surface area contributed by atoms with E-state index in [1.54, 1.807) is 24.3 Å². The number of hydrogen-bond donors (Lipinski definition) is 0. The van der Waals surface area contributed by atoms with E-state index in [1.165, 1.54) is 6.07 Å². The molecule has 2 aromatic carbocycles. The average molecular weight is 261 g/mol. The molecule has 0 unspecified atom stereocenters. The van der Waals surface area contributed by atoms with E-state index >= 15 is 0 Å². The molecule has 0 aliphatic rings. The number of benzene rings is 2. The van der Waals surface area contributed by atoms with E-state index in [9.17, 15) is 13.2 Å². The van der Waals surface area contributed by atoms with Crippen LogP contribution < -0.4 is 0 Å². The third kappa shape index (κ3) is 2.94. The highest BCUT2D eigenvalue weighted by Crippen LogP contribution is 2.33. The first-order chi connectivity index (χ1) is 8.90. The van der Waals surface area contributed by atoms with E-state index in [-0.39, 0.29) is 5.56 Å². The Morgan fingerprint density at radius 2 is 1.74 bits per heavy atom. The van der Waals surface area contributed by atoms with Gasteiger partial charge in [0, 0.05) is 0 Å². The lowest BCUT2D eigenvalue weighted by molar-refractivity contribution is -0.137. The van der Waals surface area contributed by atoms with Gasteiger partial charge in [0.15, 0.2) is 0 Å². The van der Waals surface area contributed by atoms with Gasteiger partial charge in [0.2, 0.25) is 0 Å². The van der Waals surface area contributed by atoms with E-state index in [2.05, 4.69) is 0 Å². The molecule has 0 fully saturated rings. The zero-order valence-corrected chi connectivity index (χ0v) is 10.1. The van der Waals surface area contributed by atoms with Crippen molar-refractivity contribution in [3.63, 3.8) is 0 Å². The molecule has 0 heterocycles. The standard InChI is InChI=1S/C15H10F3N/c1-10-3-2-4-12(5-10)13-6-11(9-19)7-14(8-13)15(16,17)18/h2-8H,1H3. The Bertz CT molecular complexity index is 651. The fourth-order valence-electron chi connectivity index (χ4n) is 1.85. The predicted molar refractivity (Wildman–Crippen MR) is 66.3 cm³/mol. The third-order valence-corrected chi connectivity index (χ3v) is 2.74. The highest BCUT2D eigenvalue weighted by molar-refractivity contribution is 5.67. The van der Waals surface area contributed by atoms with Gasteiger partial charge in [-0.05, 0) is 36.2 Å². The van der Waals surface area contributed by atoms with E-state index in [1.807, 2.05) is 13.0 Å². The van der Waals surface area contributed by atoms with Crippen LogP contribution in [0.15, 0.2) is 42.5 Å². The van der Waals surface area contributed by atoms with Crippen molar-refractivity contribution in [2.75, 3.05) is 0 Å². The van der Waals surface area contributed by atoms with Crippen LogP contribution in [0.3, 0.4) is 0 Å². The topological polar surface area (TPSA) is 23.8 Å². The molecule has 0 saturated carbocycles.